The Morgan fingerprint density at radius 1 is 1.00 bits per heavy atom. The number of hydrazone groups is 1. The number of nitrogens with one attached hydrogen (secondary N) is 1. The van der Waals surface area contributed by atoms with Crippen LogP contribution in [0.15, 0.2) is 65.8 Å². The summed E-state index contributed by atoms with van der Waals surface area (Å²) in [7, 11) is 3.03. The molecule has 0 spiro atoms. The highest BCUT2D eigenvalue weighted by Gasteiger charge is 2.13. The van der Waals surface area contributed by atoms with Crippen LogP contribution in [0.5, 0.6) is 17.2 Å². The van der Waals surface area contributed by atoms with Gasteiger partial charge in [0.2, 0.25) is 0 Å². The number of aromatic carboxylic acids is 1. The number of ether oxygens (including phenoxy) is 3. The Morgan fingerprint density at radius 3 is 2.39 bits per heavy atom. The number of carbonyl (C=O) groups is 2. The van der Waals surface area contributed by atoms with Crippen LogP contribution in [0.2, 0.25) is 0 Å². The molecule has 0 aromatic heterocycles. The molecule has 33 heavy (non-hydrogen) atoms. The summed E-state index contributed by atoms with van der Waals surface area (Å²) in [6.45, 7) is 2.10. The van der Waals surface area contributed by atoms with E-state index in [0.29, 0.717) is 28.4 Å². The van der Waals surface area contributed by atoms with Crippen molar-refractivity contribution in [2.45, 2.75) is 13.5 Å². The predicted octanol–water partition coefficient (Wildman–Crippen LogP) is 4.05. The van der Waals surface area contributed by atoms with Crippen molar-refractivity contribution in [3.05, 3.63) is 88.5 Å². The molecule has 3 aromatic rings. The normalized spacial score (nSPS) is 10.6. The number of aryl methyl sites for hydroxylation is 1. The summed E-state index contributed by atoms with van der Waals surface area (Å²) in [4.78, 5) is 23.5. The van der Waals surface area contributed by atoms with Crippen molar-refractivity contribution in [2.24, 2.45) is 5.10 Å². The van der Waals surface area contributed by atoms with E-state index in [0.717, 1.165) is 11.1 Å². The second-order valence-corrected chi connectivity index (χ2v) is 7.07. The molecule has 0 unspecified atom stereocenters. The van der Waals surface area contributed by atoms with Crippen molar-refractivity contribution in [3.63, 3.8) is 0 Å². The largest absolute Gasteiger partial charge is 0.496 e. The molecule has 3 aromatic carbocycles. The van der Waals surface area contributed by atoms with Crippen molar-refractivity contribution in [2.75, 3.05) is 14.2 Å². The molecule has 0 bridgehead atoms. The number of hydrogen-bond donors (Lipinski definition) is 2. The minimum Gasteiger partial charge on any atom is -0.496 e. The molecule has 0 heterocycles. The Kier molecular flexibility index (Phi) is 7.64. The van der Waals surface area contributed by atoms with Gasteiger partial charge in [0.15, 0.2) is 11.5 Å². The van der Waals surface area contributed by atoms with Gasteiger partial charge in [-0.25, -0.2) is 10.2 Å². The highest BCUT2D eigenvalue weighted by Crippen LogP contribution is 2.31. The number of rotatable bonds is 9. The van der Waals surface area contributed by atoms with Crippen molar-refractivity contribution in [1.29, 1.82) is 0 Å². The molecule has 0 atom stereocenters. The number of benzene rings is 3. The highest BCUT2D eigenvalue weighted by atomic mass is 16.5. The zero-order valence-corrected chi connectivity index (χ0v) is 18.5. The molecule has 0 aliphatic rings. The predicted molar refractivity (Wildman–Crippen MR) is 124 cm³/mol. The zero-order valence-electron chi connectivity index (χ0n) is 18.5. The van der Waals surface area contributed by atoms with Gasteiger partial charge in [-0.2, -0.15) is 5.10 Å². The number of nitrogens with zero attached hydrogens (tertiary/aromatic N) is 1. The first kappa shape index (κ1) is 23.3. The van der Waals surface area contributed by atoms with E-state index >= 15 is 0 Å². The third-order valence-corrected chi connectivity index (χ3v) is 4.78. The summed E-state index contributed by atoms with van der Waals surface area (Å²) in [6.07, 6.45) is 1.46. The first-order valence-electron chi connectivity index (χ1n) is 10.0. The van der Waals surface area contributed by atoms with E-state index in [1.165, 1.54) is 32.6 Å². The van der Waals surface area contributed by atoms with Crippen LogP contribution in [0, 0.1) is 6.92 Å². The average Bonchev–Trinajstić information content (AvgIpc) is 2.82. The van der Waals surface area contributed by atoms with E-state index in [-0.39, 0.29) is 12.2 Å². The van der Waals surface area contributed by atoms with Crippen LogP contribution in [0.3, 0.4) is 0 Å². The SMILES string of the molecule is COc1cc(C)ccc1C(=O)N/N=C/c1cccc(OC)c1OCc1ccc(C(=O)O)cc1. The molecule has 1 amide bonds. The van der Waals surface area contributed by atoms with E-state index in [9.17, 15) is 9.59 Å². The number of amides is 1. The molecule has 8 heteroatoms. The van der Waals surface area contributed by atoms with E-state index in [1.54, 1.807) is 42.5 Å². The summed E-state index contributed by atoms with van der Waals surface area (Å²) in [5, 5.41) is 13.1. The summed E-state index contributed by atoms with van der Waals surface area (Å²) >= 11 is 0. The summed E-state index contributed by atoms with van der Waals surface area (Å²) in [6, 6.07) is 17.0. The standard InChI is InChI=1S/C25H24N2O6/c1-16-7-12-20(22(13-16)32-3)24(28)27-26-14-19-5-4-6-21(31-2)23(19)33-15-17-8-10-18(11-9-17)25(29)30/h4-14H,15H2,1-3H3,(H,27,28)(H,29,30)/b26-14+. The van der Waals surface area contributed by atoms with Crippen LogP contribution in [0.25, 0.3) is 0 Å². The molecule has 0 aliphatic carbocycles. The van der Waals surface area contributed by atoms with Crippen LogP contribution in [0.1, 0.15) is 37.4 Å². The number of methoxy groups -OCH3 is 2. The second kappa shape index (κ2) is 10.8. The van der Waals surface area contributed by atoms with Gasteiger partial charge >= 0.3 is 5.97 Å². The fourth-order valence-corrected chi connectivity index (χ4v) is 3.06. The van der Waals surface area contributed by atoms with Gasteiger partial charge in [-0.3, -0.25) is 4.79 Å². The lowest BCUT2D eigenvalue weighted by Crippen LogP contribution is -2.18. The van der Waals surface area contributed by atoms with E-state index < -0.39 is 11.9 Å². The van der Waals surface area contributed by atoms with Crippen molar-refractivity contribution >= 4 is 18.1 Å². The number of carbonyl (C=O) groups excluding carboxylic acids is 1. The molecule has 0 saturated heterocycles. The van der Waals surface area contributed by atoms with Gasteiger partial charge in [-0.05, 0) is 54.4 Å². The Balaban J connectivity index is 1.74. The lowest BCUT2D eigenvalue weighted by atomic mass is 10.1. The fourth-order valence-electron chi connectivity index (χ4n) is 3.06. The van der Waals surface area contributed by atoms with Crippen molar-refractivity contribution < 1.29 is 28.9 Å². The van der Waals surface area contributed by atoms with Gasteiger partial charge in [-0.15, -0.1) is 0 Å². The fraction of sp³-hybridized carbons (Fsp3) is 0.160. The van der Waals surface area contributed by atoms with Crippen LogP contribution >= 0.6 is 0 Å². The number of carboxylic acids is 1. The van der Waals surface area contributed by atoms with Gasteiger partial charge in [0.05, 0.1) is 31.6 Å². The number of para-hydroxylation sites is 1. The molecule has 2 N–H and O–H groups in total. The maximum atomic E-state index is 12.5. The van der Waals surface area contributed by atoms with Crippen LogP contribution in [-0.4, -0.2) is 37.4 Å². The first-order valence-corrected chi connectivity index (χ1v) is 10.0. The zero-order chi connectivity index (χ0) is 23.8. The monoisotopic (exact) mass is 448 g/mol. The quantitative estimate of drug-likeness (QED) is 0.378. The van der Waals surface area contributed by atoms with E-state index in [4.69, 9.17) is 19.3 Å². The molecule has 0 fully saturated rings. The molecule has 0 radical (unpaired) electrons. The van der Waals surface area contributed by atoms with Crippen molar-refractivity contribution in [3.8, 4) is 17.2 Å². The average molecular weight is 448 g/mol. The second-order valence-electron chi connectivity index (χ2n) is 7.07. The molecule has 0 saturated carbocycles. The maximum absolute atomic E-state index is 12.5. The number of hydrogen-bond acceptors (Lipinski definition) is 6. The van der Waals surface area contributed by atoms with Crippen LogP contribution in [0.4, 0.5) is 0 Å². The molecule has 0 aliphatic heterocycles. The Labute approximate surface area is 191 Å². The van der Waals surface area contributed by atoms with Crippen molar-refractivity contribution in [1.82, 2.24) is 5.43 Å². The van der Waals surface area contributed by atoms with Gasteiger partial charge in [-0.1, -0.05) is 24.3 Å². The van der Waals surface area contributed by atoms with Gasteiger partial charge < -0.3 is 19.3 Å². The Hall–Kier alpha value is -4.33. The lowest BCUT2D eigenvalue weighted by Gasteiger charge is -2.13. The minimum absolute atomic E-state index is 0.189. The first-order chi connectivity index (χ1) is 15.9. The smallest absolute Gasteiger partial charge is 0.335 e. The van der Waals surface area contributed by atoms with Gasteiger partial charge in [0, 0.05) is 5.56 Å². The summed E-state index contributed by atoms with van der Waals surface area (Å²) in [5.41, 5.74) is 5.41. The third-order valence-electron chi connectivity index (χ3n) is 4.78. The van der Waals surface area contributed by atoms with Gasteiger partial charge in [0.1, 0.15) is 12.4 Å². The molecular weight excluding hydrogens is 424 g/mol. The topological polar surface area (TPSA) is 106 Å². The molecule has 8 nitrogen and oxygen atoms in total. The lowest BCUT2D eigenvalue weighted by molar-refractivity contribution is 0.0696. The summed E-state index contributed by atoms with van der Waals surface area (Å²) in [5.74, 6) is -0.00846. The van der Waals surface area contributed by atoms with Gasteiger partial charge in [0.25, 0.3) is 5.91 Å². The Bertz CT molecular complexity index is 1170. The van der Waals surface area contributed by atoms with Crippen LogP contribution in [-0.2, 0) is 6.61 Å². The minimum atomic E-state index is -0.990. The van der Waals surface area contributed by atoms with E-state index in [1.807, 2.05) is 13.0 Å². The number of carboxylic acid groups (broad SMARTS) is 1. The molecule has 3 rings (SSSR count). The molecular formula is C25H24N2O6. The Morgan fingerprint density at radius 2 is 1.73 bits per heavy atom. The van der Waals surface area contributed by atoms with Crippen LogP contribution < -0.4 is 19.6 Å². The maximum Gasteiger partial charge on any atom is 0.335 e. The van der Waals surface area contributed by atoms with E-state index in [2.05, 4.69) is 10.5 Å². The third kappa shape index (κ3) is 5.88. The summed E-state index contributed by atoms with van der Waals surface area (Å²) < 4.78 is 16.6. The molecule has 170 valence electrons. The highest BCUT2D eigenvalue weighted by molar-refractivity contribution is 5.97.